The van der Waals surface area contributed by atoms with Gasteiger partial charge in [0.05, 0.1) is 11.7 Å². The summed E-state index contributed by atoms with van der Waals surface area (Å²) in [7, 11) is 0. The fraction of sp³-hybridized carbons (Fsp3) is 0.276. The molecule has 3 aromatic carbocycles. The zero-order chi connectivity index (χ0) is 25.5. The number of halogens is 1. The molecule has 0 fully saturated rings. The molecule has 0 saturated heterocycles. The Morgan fingerprint density at radius 3 is 2.50 bits per heavy atom. The van der Waals surface area contributed by atoms with Gasteiger partial charge in [0, 0.05) is 16.3 Å². The number of carbonyl (C=O) groups excluding carboxylic acids is 1. The Morgan fingerprint density at radius 2 is 1.78 bits per heavy atom. The zero-order valence-electron chi connectivity index (χ0n) is 20.9. The summed E-state index contributed by atoms with van der Waals surface area (Å²) in [6, 6.07) is 23.5. The smallest absolute Gasteiger partial charge is 0.251 e. The van der Waals surface area contributed by atoms with Gasteiger partial charge in [0.25, 0.3) is 5.91 Å². The fourth-order valence-electron chi connectivity index (χ4n) is 3.98. The van der Waals surface area contributed by atoms with Crippen LogP contribution in [-0.2, 0) is 12.2 Å². The van der Waals surface area contributed by atoms with Gasteiger partial charge in [-0.25, -0.2) is 0 Å². The van der Waals surface area contributed by atoms with Crippen LogP contribution in [0.4, 0.5) is 0 Å². The first-order valence-corrected chi connectivity index (χ1v) is 13.6. The summed E-state index contributed by atoms with van der Waals surface area (Å²) in [6.45, 7) is 6.14. The van der Waals surface area contributed by atoms with Gasteiger partial charge in [-0.1, -0.05) is 85.2 Å². The molecule has 5 nitrogen and oxygen atoms in total. The van der Waals surface area contributed by atoms with Gasteiger partial charge in [0.1, 0.15) is 0 Å². The molecule has 1 heterocycles. The van der Waals surface area contributed by atoms with Crippen LogP contribution in [0.2, 0.25) is 5.02 Å². The number of hydrogen-bond donors (Lipinski definition) is 1. The predicted octanol–water partition coefficient (Wildman–Crippen LogP) is 7.36. The molecular weight excluding hydrogens is 488 g/mol. The number of hydrogen-bond acceptors (Lipinski definition) is 4. The molecule has 0 radical (unpaired) electrons. The number of nitrogens with one attached hydrogen (secondary N) is 1. The molecule has 0 aliphatic rings. The fourth-order valence-corrected chi connectivity index (χ4v) is 5.05. The van der Waals surface area contributed by atoms with Crippen LogP contribution in [0.25, 0.3) is 5.69 Å². The first-order chi connectivity index (χ1) is 17.5. The molecule has 0 aliphatic heterocycles. The van der Waals surface area contributed by atoms with Gasteiger partial charge in [0.2, 0.25) is 0 Å². The van der Waals surface area contributed by atoms with E-state index in [1.54, 1.807) is 11.8 Å². The second kappa shape index (κ2) is 12.2. The molecule has 1 N–H and O–H groups in total. The van der Waals surface area contributed by atoms with Gasteiger partial charge < -0.3 is 5.32 Å². The van der Waals surface area contributed by atoms with E-state index in [0.717, 1.165) is 41.4 Å². The maximum absolute atomic E-state index is 13.0. The standard InChI is InChI=1S/C29H31ClN4OS/c1-4-5-9-22-13-15-24(16-14-22)28(35)31-21(3)27-32-33-29(36-19-23-10-7-6-8-11-23)34(27)26-18-25(30)17-12-20(26)2/h6-8,10-18,21H,4-5,9,19H2,1-3H3,(H,31,35). The second-order valence-electron chi connectivity index (χ2n) is 8.88. The quantitative estimate of drug-likeness (QED) is 0.223. The highest BCUT2D eigenvalue weighted by molar-refractivity contribution is 7.98. The number of aromatic nitrogens is 3. The van der Waals surface area contributed by atoms with E-state index < -0.39 is 0 Å². The van der Waals surface area contributed by atoms with Gasteiger partial charge in [-0.3, -0.25) is 9.36 Å². The number of nitrogens with zero attached hydrogens (tertiary/aromatic N) is 3. The van der Waals surface area contributed by atoms with E-state index in [-0.39, 0.29) is 11.9 Å². The molecule has 1 aromatic heterocycles. The van der Waals surface area contributed by atoms with Crippen molar-refractivity contribution in [1.82, 2.24) is 20.1 Å². The first kappa shape index (κ1) is 26.0. The first-order valence-electron chi connectivity index (χ1n) is 12.2. The van der Waals surface area contributed by atoms with Crippen molar-refractivity contribution in [2.24, 2.45) is 0 Å². The van der Waals surface area contributed by atoms with E-state index in [4.69, 9.17) is 11.6 Å². The molecule has 0 aliphatic carbocycles. The van der Waals surface area contributed by atoms with E-state index in [1.165, 1.54) is 11.1 Å². The average molecular weight is 519 g/mol. The van der Waals surface area contributed by atoms with Crippen molar-refractivity contribution in [2.75, 3.05) is 0 Å². The second-order valence-corrected chi connectivity index (χ2v) is 10.3. The van der Waals surface area contributed by atoms with Crippen LogP contribution in [0.5, 0.6) is 0 Å². The summed E-state index contributed by atoms with van der Waals surface area (Å²) in [5.74, 6) is 1.27. The number of benzene rings is 3. The molecule has 1 unspecified atom stereocenters. The Bertz CT molecular complexity index is 1300. The van der Waals surface area contributed by atoms with Crippen LogP contribution < -0.4 is 5.32 Å². The van der Waals surface area contributed by atoms with Crippen molar-refractivity contribution >= 4 is 29.3 Å². The summed E-state index contributed by atoms with van der Waals surface area (Å²) >= 11 is 7.97. The van der Waals surface area contributed by atoms with Gasteiger partial charge >= 0.3 is 0 Å². The van der Waals surface area contributed by atoms with Crippen LogP contribution in [0, 0.1) is 6.92 Å². The highest BCUT2D eigenvalue weighted by atomic mass is 35.5. The van der Waals surface area contributed by atoms with Gasteiger partial charge in [-0.2, -0.15) is 0 Å². The zero-order valence-corrected chi connectivity index (χ0v) is 22.4. The highest BCUT2D eigenvalue weighted by Crippen LogP contribution is 2.30. The minimum Gasteiger partial charge on any atom is -0.342 e. The maximum atomic E-state index is 13.0. The van der Waals surface area contributed by atoms with Crippen LogP contribution in [0.15, 0.2) is 78.0 Å². The summed E-state index contributed by atoms with van der Waals surface area (Å²) in [5.41, 5.74) is 5.02. The van der Waals surface area contributed by atoms with E-state index in [9.17, 15) is 4.79 Å². The summed E-state index contributed by atoms with van der Waals surface area (Å²) in [6.07, 6.45) is 3.32. The van der Waals surface area contributed by atoms with Crippen LogP contribution >= 0.6 is 23.4 Å². The molecule has 4 aromatic rings. The Morgan fingerprint density at radius 1 is 1.03 bits per heavy atom. The topological polar surface area (TPSA) is 59.8 Å². The number of thioether (sulfide) groups is 1. The van der Waals surface area contributed by atoms with Crippen molar-refractivity contribution in [3.8, 4) is 5.69 Å². The molecule has 1 atom stereocenters. The Labute approximate surface area is 222 Å². The minimum atomic E-state index is -0.366. The monoisotopic (exact) mass is 518 g/mol. The molecule has 4 rings (SSSR count). The lowest BCUT2D eigenvalue weighted by Gasteiger charge is -2.18. The third-order valence-corrected chi connectivity index (χ3v) is 7.29. The average Bonchev–Trinajstić information content (AvgIpc) is 3.32. The van der Waals surface area contributed by atoms with Crippen molar-refractivity contribution in [3.05, 3.63) is 106 Å². The normalized spacial score (nSPS) is 11.9. The molecular formula is C29H31ClN4OS. The predicted molar refractivity (Wildman–Crippen MR) is 148 cm³/mol. The Balaban J connectivity index is 1.59. The van der Waals surface area contributed by atoms with Crippen molar-refractivity contribution in [3.63, 3.8) is 0 Å². The molecule has 1 amide bonds. The number of carbonyl (C=O) groups is 1. The highest BCUT2D eigenvalue weighted by Gasteiger charge is 2.23. The van der Waals surface area contributed by atoms with Crippen molar-refractivity contribution < 1.29 is 4.79 Å². The molecule has 7 heteroatoms. The van der Waals surface area contributed by atoms with Gasteiger partial charge in [-0.15, -0.1) is 10.2 Å². The van der Waals surface area contributed by atoms with Crippen molar-refractivity contribution in [1.29, 1.82) is 0 Å². The molecule has 0 bridgehead atoms. The molecule has 186 valence electrons. The minimum absolute atomic E-state index is 0.139. The van der Waals surface area contributed by atoms with Gasteiger partial charge in [-0.05, 0) is 67.6 Å². The SMILES string of the molecule is CCCCc1ccc(C(=O)NC(C)c2nnc(SCc3ccccc3)n2-c2cc(Cl)ccc2C)cc1. The lowest BCUT2D eigenvalue weighted by atomic mass is 10.1. The number of unbranched alkanes of at least 4 members (excludes halogenated alkanes) is 1. The molecule has 36 heavy (non-hydrogen) atoms. The van der Waals surface area contributed by atoms with E-state index >= 15 is 0 Å². The van der Waals surface area contributed by atoms with Crippen LogP contribution in [0.3, 0.4) is 0 Å². The Kier molecular flexibility index (Phi) is 8.83. The Hall–Kier alpha value is -3.09. The van der Waals surface area contributed by atoms with Crippen molar-refractivity contribution in [2.45, 2.75) is 57.0 Å². The number of aryl methyl sites for hydroxylation is 2. The summed E-state index contributed by atoms with van der Waals surface area (Å²) < 4.78 is 2.01. The third kappa shape index (κ3) is 6.37. The number of rotatable bonds is 10. The lowest BCUT2D eigenvalue weighted by molar-refractivity contribution is 0.0938. The summed E-state index contributed by atoms with van der Waals surface area (Å²) in [5, 5.41) is 13.5. The van der Waals surface area contributed by atoms with Gasteiger partial charge in [0.15, 0.2) is 11.0 Å². The lowest BCUT2D eigenvalue weighted by Crippen LogP contribution is -2.28. The largest absolute Gasteiger partial charge is 0.342 e. The summed E-state index contributed by atoms with van der Waals surface area (Å²) in [4.78, 5) is 13.0. The molecule has 0 saturated carbocycles. The van der Waals surface area contributed by atoms with Crippen LogP contribution in [0.1, 0.15) is 65.6 Å². The third-order valence-electron chi connectivity index (χ3n) is 6.05. The van der Waals surface area contributed by atoms with E-state index in [0.29, 0.717) is 16.4 Å². The molecule has 0 spiro atoms. The van der Waals surface area contributed by atoms with E-state index in [1.807, 2.05) is 79.1 Å². The number of amides is 1. The maximum Gasteiger partial charge on any atom is 0.251 e. The van der Waals surface area contributed by atoms with Crippen LogP contribution in [-0.4, -0.2) is 20.7 Å². The van der Waals surface area contributed by atoms with E-state index in [2.05, 4.69) is 34.6 Å².